The molecule has 0 heterocycles. The first-order valence-corrected chi connectivity index (χ1v) is 5.20. The second kappa shape index (κ2) is 4.47. The Morgan fingerprint density at radius 3 is 2.44 bits per heavy atom. The summed E-state index contributed by atoms with van der Waals surface area (Å²) in [5, 5.41) is 0. The molecule has 0 unspecified atom stereocenters. The molecule has 54 valence electrons. The molecular weight excluding hydrogens is 152 g/mol. The molecule has 1 rings (SSSR count). The molecule has 0 N–H and O–H groups in total. The minimum atomic E-state index is 0.487. The molecule has 0 amide bonds. The maximum Gasteiger partial charge on any atom is 0.0732 e. The Morgan fingerprint density at radius 1 is 1.22 bits per heavy atom. The summed E-state index contributed by atoms with van der Waals surface area (Å²) < 4.78 is 5.26. The molecule has 0 bridgehead atoms. The van der Waals surface area contributed by atoms with E-state index in [-0.39, 0.29) is 0 Å². The molecule has 1 fully saturated rings. The summed E-state index contributed by atoms with van der Waals surface area (Å²) in [6.07, 6.45) is 7.00. The largest absolute Gasteiger partial charge is 0.302 e. The molecule has 0 spiro atoms. The van der Waals surface area contributed by atoms with Gasteiger partial charge in [-0.2, -0.15) is 0 Å². The van der Waals surface area contributed by atoms with Gasteiger partial charge in [0, 0.05) is 0 Å². The van der Waals surface area contributed by atoms with E-state index in [9.17, 15) is 0 Å². The summed E-state index contributed by atoms with van der Waals surface area (Å²) in [7, 11) is 0. The lowest BCUT2D eigenvalue weighted by molar-refractivity contribution is 0.188. The van der Waals surface area contributed by atoms with Crippen molar-refractivity contribution in [3.8, 4) is 0 Å². The highest BCUT2D eigenvalue weighted by Gasteiger charge is 2.12. The minimum absolute atomic E-state index is 0.487. The summed E-state index contributed by atoms with van der Waals surface area (Å²) >= 11 is 5.13. The van der Waals surface area contributed by atoms with Crippen molar-refractivity contribution in [2.45, 2.75) is 38.2 Å². The van der Waals surface area contributed by atoms with Crippen LogP contribution in [0.2, 0.25) is 0 Å². The average molecular weight is 164 g/mol. The van der Waals surface area contributed by atoms with Crippen molar-refractivity contribution in [1.29, 1.82) is 0 Å². The van der Waals surface area contributed by atoms with E-state index in [1.54, 1.807) is 0 Å². The van der Waals surface area contributed by atoms with E-state index in [0.717, 1.165) is 0 Å². The van der Waals surface area contributed by atoms with Crippen LogP contribution in [0.15, 0.2) is 0 Å². The zero-order valence-electron chi connectivity index (χ0n) is 5.38. The van der Waals surface area contributed by atoms with Gasteiger partial charge in [-0.05, 0) is 12.8 Å². The van der Waals surface area contributed by atoms with Crippen LogP contribution in [0.25, 0.3) is 0 Å². The normalized spacial score (nSPS) is 22.3. The monoisotopic (exact) mass is 164 g/mol. The number of hydrogen-bond donors (Lipinski definition) is 1. The molecular formula is C6H12OS2. The quantitative estimate of drug-likeness (QED) is 0.382. The highest BCUT2D eigenvalue weighted by molar-refractivity contribution is 8.66. The van der Waals surface area contributed by atoms with Crippen LogP contribution in [0.4, 0.5) is 0 Å². The fourth-order valence-electron chi connectivity index (χ4n) is 1.22. The third-order valence-electron chi connectivity index (χ3n) is 1.73. The lowest BCUT2D eigenvalue weighted by atomic mass is 9.98. The molecule has 1 aliphatic rings. The molecule has 1 saturated carbocycles. The summed E-state index contributed by atoms with van der Waals surface area (Å²) in [6, 6.07) is 0. The van der Waals surface area contributed by atoms with Crippen molar-refractivity contribution < 1.29 is 4.18 Å². The SMILES string of the molecule is SSOC1CCCCC1. The lowest BCUT2D eigenvalue weighted by Gasteiger charge is -2.19. The van der Waals surface area contributed by atoms with Gasteiger partial charge in [-0.3, -0.25) is 0 Å². The van der Waals surface area contributed by atoms with Gasteiger partial charge in [0.1, 0.15) is 0 Å². The third-order valence-corrected chi connectivity index (χ3v) is 2.35. The van der Waals surface area contributed by atoms with Gasteiger partial charge in [0.2, 0.25) is 0 Å². The fraction of sp³-hybridized carbons (Fsp3) is 1.00. The second-order valence-electron chi connectivity index (χ2n) is 2.43. The van der Waals surface area contributed by atoms with Crippen molar-refractivity contribution in [3.05, 3.63) is 0 Å². The van der Waals surface area contributed by atoms with E-state index >= 15 is 0 Å². The molecule has 0 saturated heterocycles. The molecule has 0 atom stereocenters. The first-order chi connectivity index (χ1) is 4.43. The highest BCUT2D eigenvalue weighted by atomic mass is 33.1. The predicted molar refractivity (Wildman–Crippen MR) is 44.5 cm³/mol. The van der Waals surface area contributed by atoms with Gasteiger partial charge in [0.05, 0.1) is 17.2 Å². The van der Waals surface area contributed by atoms with Crippen molar-refractivity contribution >= 4 is 22.7 Å². The topological polar surface area (TPSA) is 9.23 Å². The van der Waals surface area contributed by atoms with E-state index in [1.165, 1.54) is 43.2 Å². The molecule has 1 aliphatic carbocycles. The Labute approximate surface area is 65.6 Å². The number of thiol groups is 1. The molecule has 3 heteroatoms. The molecule has 0 radical (unpaired) electrons. The average Bonchev–Trinajstić information content (AvgIpc) is 1.91. The van der Waals surface area contributed by atoms with E-state index in [2.05, 4.69) is 11.7 Å². The first kappa shape index (κ1) is 7.76. The zero-order chi connectivity index (χ0) is 6.53. The van der Waals surface area contributed by atoms with Crippen molar-refractivity contribution in [1.82, 2.24) is 0 Å². The Bertz CT molecular complexity index is 68.7. The van der Waals surface area contributed by atoms with Crippen molar-refractivity contribution in [2.75, 3.05) is 0 Å². The Kier molecular flexibility index (Phi) is 3.86. The Morgan fingerprint density at radius 2 is 1.89 bits per heavy atom. The maximum atomic E-state index is 5.26. The third kappa shape index (κ3) is 2.83. The molecule has 1 nitrogen and oxygen atoms in total. The van der Waals surface area contributed by atoms with Crippen LogP contribution in [-0.2, 0) is 4.18 Å². The van der Waals surface area contributed by atoms with E-state index < -0.39 is 0 Å². The van der Waals surface area contributed by atoms with Crippen LogP contribution >= 0.6 is 22.7 Å². The van der Waals surface area contributed by atoms with Crippen LogP contribution < -0.4 is 0 Å². The number of rotatable bonds is 2. The highest BCUT2D eigenvalue weighted by Crippen LogP contribution is 2.24. The van der Waals surface area contributed by atoms with Gasteiger partial charge in [-0.15, -0.1) is 0 Å². The zero-order valence-corrected chi connectivity index (χ0v) is 7.09. The van der Waals surface area contributed by atoms with Gasteiger partial charge < -0.3 is 4.18 Å². The van der Waals surface area contributed by atoms with Gasteiger partial charge in [-0.1, -0.05) is 30.9 Å². The van der Waals surface area contributed by atoms with Gasteiger partial charge in [-0.25, -0.2) is 0 Å². The summed E-state index contributed by atoms with van der Waals surface area (Å²) in [5.74, 6) is 0. The Balaban J connectivity index is 2.08. The van der Waals surface area contributed by atoms with Gasteiger partial charge in [0.25, 0.3) is 0 Å². The molecule has 0 aliphatic heterocycles. The molecule has 0 aromatic rings. The summed E-state index contributed by atoms with van der Waals surface area (Å²) in [4.78, 5) is 0. The smallest absolute Gasteiger partial charge is 0.0732 e. The van der Waals surface area contributed by atoms with Crippen LogP contribution in [-0.4, -0.2) is 6.10 Å². The van der Waals surface area contributed by atoms with Gasteiger partial charge in [0.15, 0.2) is 0 Å². The van der Waals surface area contributed by atoms with Crippen LogP contribution in [0.1, 0.15) is 32.1 Å². The second-order valence-corrected chi connectivity index (χ2v) is 3.22. The Hall–Kier alpha value is 0.660. The van der Waals surface area contributed by atoms with Crippen molar-refractivity contribution in [3.63, 3.8) is 0 Å². The van der Waals surface area contributed by atoms with E-state index in [1.807, 2.05) is 0 Å². The van der Waals surface area contributed by atoms with Crippen LogP contribution in [0.5, 0.6) is 0 Å². The summed E-state index contributed by atoms with van der Waals surface area (Å²) in [5.41, 5.74) is 0. The van der Waals surface area contributed by atoms with Crippen molar-refractivity contribution in [2.24, 2.45) is 0 Å². The molecule has 0 aromatic heterocycles. The van der Waals surface area contributed by atoms with Gasteiger partial charge >= 0.3 is 0 Å². The van der Waals surface area contributed by atoms with Crippen LogP contribution in [0, 0.1) is 0 Å². The standard InChI is InChI=1S/C6H12OS2/c8-9-7-6-4-2-1-3-5-6/h6,8H,1-5H2. The maximum absolute atomic E-state index is 5.26. The minimum Gasteiger partial charge on any atom is -0.302 e. The molecule has 9 heavy (non-hydrogen) atoms. The van der Waals surface area contributed by atoms with Crippen LogP contribution in [0.3, 0.4) is 0 Å². The lowest BCUT2D eigenvalue weighted by Crippen LogP contribution is -2.12. The van der Waals surface area contributed by atoms with E-state index in [0.29, 0.717) is 6.10 Å². The summed E-state index contributed by atoms with van der Waals surface area (Å²) in [6.45, 7) is 0. The molecule has 0 aromatic carbocycles. The van der Waals surface area contributed by atoms with E-state index in [4.69, 9.17) is 4.18 Å². The fourth-order valence-corrected chi connectivity index (χ4v) is 1.90. The first-order valence-electron chi connectivity index (χ1n) is 3.40. The predicted octanol–water partition coefficient (Wildman–Crippen LogP) is 2.83. The number of hydrogen-bond acceptors (Lipinski definition) is 3.